The van der Waals surface area contributed by atoms with Crippen molar-refractivity contribution in [1.82, 2.24) is 14.7 Å². The first-order valence-electron chi connectivity index (χ1n) is 9.47. The van der Waals surface area contributed by atoms with Crippen molar-refractivity contribution in [3.63, 3.8) is 0 Å². The van der Waals surface area contributed by atoms with Gasteiger partial charge in [-0.1, -0.05) is 18.2 Å². The lowest BCUT2D eigenvalue weighted by Crippen LogP contribution is -2.46. The maximum absolute atomic E-state index is 14.4. The highest BCUT2D eigenvalue weighted by Gasteiger charge is 2.20. The van der Waals surface area contributed by atoms with E-state index < -0.39 is 0 Å². The van der Waals surface area contributed by atoms with Crippen molar-refractivity contribution in [3.8, 4) is 5.69 Å². The van der Waals surface area contributed by atoms with Crippen LogP contribution in [0, 0.1) is 5.82 Å². The fourth-order valence-corrected chi connectivity index (χ4v) is 3.55. The molecule has 2 heterocycles. The summed E-state index contributed by atoms with van der Waals surface area (Å²) >= 11 is 0. The van der Waals surface area contributed by atoms with E-state index in [2.05, 4.69) is 16.2 Å². The second-order valence-corrected chi connectivity index (χ2v) is 7.11. The highest BCUT2D eigenvalue weighted by molar-refractivity contribution is 5.94. The standard InChI is InChI=1S/C22H23FN4O/c1-17(28)19-7-8-22(21(23)13-19)26-11-9-25(10-12-26)15-18-14-24-27(16-18)20-5-3-2-4-6-20/h2-8,13-14,16H,9-12,15H2,1H3. The fraction of sp³-hybridized carbons (Fsp3) is 0.273. The van der Waals surface area contributed by atoms with E-state index in [0.29, 0.717) is 11.3 Å². The van der Waals surface area contributed by atoms with Gasteiger partial charge < -0.3 is 4.90 Å². The van der Waals surface area contributed by atoms with Gasteiger partial charge in [-0.3, -0.25) is 9.69 Å². The molecule has 0 radical (unpaired) electrons. The number of piperazine rings is 1. The third-order valence-electron chi connectivity index (χ3n) is 5.13. The summed E-state index contributed by atoms with van der Waals surface area (Å²) in [7, 11) is 0. The van der Waals surface area contributed by atoms with Gasteiger partial charge in [0.15, 0.2) is 5.78 Å². The van der Waals surface area contributed by atoms with Crippen LogP contribution in [0.2, 0.25) is 0 Å². The molecule has 0 unspecified atom stereocenters. The summed E-state index contributed by atoms with van der Waals surface area (Å²) in [4.78, 5) is 15.8. The molecule has 2 aromatic carbocycles. The first kappa shape index (κ1) is 18.4. The van der Waals surface area contributed by atoms with Crippen molar-refractivity contribution in [2.24, 2.45) is 0 Å². The molecule has 0 saturated carbocycles. The van der Waals surface area contributed by atoms with Crippen LogP contribution in [0.25, 0.3) is 5.69 Å². The molecule has 0 bridgehead atoms. The number of anilines is 1. The highest BCUT2D eigenvalue weighted by atomic mass is 19.1. The number of carbonyl (C=O) groups is 1. The maximum atomic E-state index is 14.4. The van der Waals surface area contributed by atoms with Crippen LogP contribution in [0.5, 0.6) is 0 Å². The van der Waals surface area contributed by atoms with Crippen LogP contribution in [0.15, 0.2) is 60.9 Å². The molecule has 0 aliphatic carbocycles. The SMILES string of the molecule is CC(=O)c1ccc(N2CCN(Cc3cnn(-c4ccccc4)c3)CC2)c(F)c1. The van der Waals surface area contributed by atoms with Gasteiger partial charge in [-0.25, -0.2) is 9.07 Å². The molecule has 1 aromatic heterocycles. The molecule has 0 atom stereocenters. The molecule has 0 amide bonds. The Balaban J connectivity index is 1.36. The maximum Gasteiger partial charge on any atom is 0.159 e. The molecule has 6 heteroatoms. The lowest BCUT2D eigenvalue weighted by atomic mass is 10.1. The molecule has 1 aliphatic heterocycles. The molecule has 28 heavy (non-hydrogen) atoms. The molecular weight excluding hydrogens is 355 g/mol. The van der Waals surface area contributed by atoms with Crippen molar-refractivity contribution in [2.45, 2.75) is 13.5 Å². The number of benzene rings is 2. The molecule has 4 rings (SSSR count). The Labute approximate surface area is 164 Å². The van der Waals surface area contributed by atoms with E-state index >= 15 is 0 Å². The molecular formula is C22H23FN4O. The van der Waals surface area contributed by atoms with Crippen molar-refractivity contribution in [1.29, 1.82) is 0 Å². The van der Waals surface area contributed by atoms with E-state index in [9.17, 15) is 9.18 Å². The average Bonchev–Trinajstić information content (AvgIpc) is 3.18. The van der Waals surface area contributed by atoms with E-state index in [1.807, 2.05) is 46.1 Å². The van der Waals surface area contributed by atoms with Crippen LogP contribution in [0.1, 0.15) is 22.8 Å². The number of carbonyl (C=O) groups excluding carboxylic acids is 1. The van der Waals surface area contributed by atoms with Crippen molar-refractivity contribution < 1.29 is 9.18 Å². The first-order chi connectivity index (χ1) is 13.6. The largest absolute Gasteiger partial charge is 0.367 e. The third-order valence-corrected chi connectivity index (χ3v) is 5.13. The Morgan fingerprint density at radius 1 is 1.07 bits per heavy atom. The summed E-state index contributed by atoms with van der Waals surface area (Å²) in [5, 5.41) is 4.45. The summed E-state index contributed by atoms with van der Waals surface area (Å²) in [6.45, 7) is 5.49. The fourth-order valence-electron chi connectivity index (χ4n) is 3.55. The number of hydrogen-bond acceptors (Lipinski definition) is 4. The van der Waals surface area contributed by atoms with Crippen LogP contribution in [-0.4, -0.2) is 46.6 Å². The van der Waals surface area contributed by atoms with Gasteiger partial charge in [0.1, 0.15) is 5.82 Å². The zero-order chi connectivity index (χ0) is 19.5. The molecule has 144 valence electrons. The minimum atomic E-state index is -0.328. The number of nitrogens with zero attached hydrogens (tertiary/aromatic N) is 4. The van der Waals surface area contributed by atoms with Crippen LogP contribution in [-0.2, 0) is 6.54 Å². The van der Waals surface area contributed by atoms with Gasteiger partial charge in [0.05, 0.1) is 17.6 Å². The molecule has 1 fully saturated rings. The number of Topliss-reactive ketones (excluding diaryl/α,β-unsaturated/α-hetero) is 1. The van der Waals surface area contributed by atoms with Gasteiger partial charge in [0.2, 0.25) is 0 Å². The topological polar surface area (TPSA) is 41.4 Å². The number of rotatable bonds is 5. The van der Waals surface area contributed by atoms with E-state index in [1.54, 1.807) is 12.1 Å². The minimum absolute atomic E-state index is 0.119. The quantitative estimate of drug-likeness (QED) is 0.637. The molecule has 3 aromatic rings. The number of halogens is 1. The molecule has 1 aliphatic rings. The lowest BCUT2D eigenvalue weighted by Gasteiger charge is -2.36. The Morgan fingerprint density at radius 3 is 2.50 bits per heavy atom. The van der Waals surface area contributed by atoms with Crippen LogP contribution in [0.3, 0.4) is 0 Å². The number of ketones is 1. The zero-order valence-electron chi connectivity index (χ0n) is 15.9. The normalized spacial score (nSPS) is 15.0. The van der Waals surface area contributed by atoms with Crippen LogP contribution < -0.4 is 4.90 Å². The van der Waals surface area contributed by atoms with Gasteiger partial charge in [-0.05, 0) is 37.3 Å². The van der Waals surface area contributed by atoms with Crippen molar-refractivity contribution >= 4 is 11.5 Å². The predicted molar refractivity (Wildman–Crippen MR) is 107 cm³/mol. The van der Waals surface area contributed by atoms with Crippen LogP contribution in [0.4, 0.5) is 10.1 Å². The molecule has 5 nitrogen and oxygen atoms in total. The van der Waals surface area contributed by atoms with E-state index in [1.165, 1.54) is 13.0 Å². The minimum Gasteiger partial charge on any atom is -0.367 e. The number of aromatic nitrogens is 2. The Hall–Kier alpha value is -2.99. The van der Waals surface area contributed by atoms with E-state index in [4.69, 9.17) is 0 Å². The first-order valence-corrected chi connectivity index (χ1v) is 9.47. The summed E-state index contributed by atoms with van der Waals surface area (Å²) in [5.41, 5.74) is 3.19. The van der Waals surface area contributed by atoms with Gasteiger partial charge in [-0.15, -0.1) is 0 Å². The third kappa shape index (κ3) is 3.97. The van der Waals surface area contributed by atoms with E-state index in [0.717, 1.165) is 44.0 Å². The second kappa shape index (κ2) is 7.94. The summed E-state index contributed by atoms with van der Waals surface area (Å²) in [6.07, 6.45) is 3.96. The Bertz CT molecular complexity index is 962. The van der Waals surface area contributed by atoms with Gasteiger partial charge in [-0.2, -0.15) is 5.10 Å². The van der Waals surface area contributed by atoms with Crippen molar-refractivity contribution in [2.75, 3.05) is 31.1 Å². The smallest absolute Gasteiger partial charge is 0.159 e. The predicted octanol–water partition coefficient (Wildman–Crippen LogP) is 3.54. The summed E-state index contributed by atoms with van der Waals surface area (Å²) in [6, 6.07) is 14.8. The van der Waals surface area contributed by atoms with Gasteiger partial charge in [0.25, 0.3) is 0 Å². The second-order valence-electron chi connectivity index (χ2n) is 7.11. The molecule has 0 N–H and O–H groups in total. The number of hydrogen-bond donors (Lipinski definition) is 0. The van der Waals surface area contributed by atoms with Crippen LogP contribution >= 0.6 is 0 Å². The monoisotopic (exact) mass is 378 g/mol. The average molecular weight is 378 g/mol. The van der Waals surface area contributed by atoms with Gasteiger partial charge in [0, 0.05) is 50.0 Å². The summed E-state index contributed by atoms with van der Waals surface area (Å²) in [5.74, 6) is -0.448. The summed E-state index contributed by atoms with van der Waals surface area (Å²) < 4.78 is 16.3. The Morgan fingerprint density at radius 2 is 1.82 bits per heavy atom. The Kier molecular flexibility index (Phi) is 5.21. The zero-order valence-corrected chi connectivity index (χ0v) is 15.9. The lowest BCUT2D eigenvalue weighted by molar-refractivity contribution is 0.101. The van der Waals surface area contributed by atoms with E-state index in [-0.39, 0.29) is 11.6 Å². The molecule has 1 saturated heterocycles. The van der Waals surface area contributed by atoms with Gasteiger partial charge >= 0.3 is 0 Å². The molecule has 0 spiro atoms. The highest BCUT2D eigenvalue weighted by Crippen LogP contribution is 2.23. The van der Waals surface area contributed by atoms with Crippen molar-refractivity contribution in [3.05, 3.63) is 77.9 Å². The number of para-hydroxylation sites is 1.